The van der Waals surface area contributed by atoms with E-state index in [1.54, 1.807) is 0 Å². The van der Waals surface area contributed by atoms with Crippen molar-refractivity contribution in [3.63, 3.8) is 0 Å². The van der Waals surface area contributed by atoms with Crippen molar-refractivity contribution in [1.29, 1.82) is 0 Å². The van der Waals surface area contributed by atoms with E-state index in [-0.39, 0.29) is 6.73 Å². The normalized spacial score (nSPS) is 12.9. The summed E-state index contributed by atoms with van der Waals surface area (Å²) < 4.78 is 30.3. The first-order valence-corrected chi connectivity index (χ1v) is 9.09. The van der Waals surface area contributed by atoms with Gasteiger partial charge in [0, 0.05) is 13.1 Å². The fourth-order valence-corrected chi connectivity index (χ4v) is 2.28. The Bertz CT molecular complexity index is 599. The Kier molecular flexibility index (Phi) is 8.51. The van der Waals surface area contributed by atoms with E-state index < -0.39 is 23.1 Å². The summed E-state index contributed by atoms with van der Waals surface area (Å²) >= 11 is -2.53. The minimum atomic E-state index is -2.53. The highest BCUT2D eigenvalue weighted by atomic mass is 32.2. The van der Waals surface area contributed by atoms with Crippen LogP contribution in [0.15, 0.2) is 18.2 Å². The number of alkyl carbamates (subject to hydrolysis) is 1. The van der Waals surface area contributed by atoms with Crippen LogP contribution in [-0.2, 0) is 33.4 Å². The van der Waals surface area contributed by atoms with Gasteiger partial charge in [0.05, 0.1) is 11.4 Å². The molecule has 25 heavy (non-hydrogen) atoms. The summed E-state index contributed by atoms with van der Waals surface area (Å²) in [5.74, 6) is 0.325. The van der Waals surface area contributed by atoms with E-state index in [0.717, 1.165) is 16.7 Å². The van der Waals surface area contributed by atoms with Gasteiger partial charge in [-0.3, -0.25) is 9.50 Å². The summed E-state index contributed by atoms with van der Waals surface area (Å²) in [6, 6.07) is 6.03. The van der Waals surface area contributed by atoms with Gasteiger partial charge in [0.1, 0.15) is 12.3 Å². The molecular weight excluding hydrogens is 344 g/mol. The zero-order chi connectivity index (χ0) is 19.0. The first-order chi connectivity index (χ1) is 11.6. The molecule has 2 N–H and O–H groups in total. The molecule has 1 amide bonds. The molecular formula is C17H27N2O5S-. The third kappa shape index (κ3) is 9.54. The lowest BCUT2D eigenvalue weighted by molar-refractivity contribution is 0.0523. The quantitative estimate of drug-likeness (QED) is 0.414. The average molecular weight is 371 g/mol. The third-order valence-electron chi connectivity index (χ3n) is 3.16. The maximum Gasteiger partial charge on any atom is 0.407 e. The zero-order valence-electron chi connectivity index (χ0n) is 15.4. The Morgan fingerprint density at radius 2 is 1.80 bits per heavy atom. The van der Waals surface area contributed by atoms with Crippen molar-refractivity contribution in [3.8, 4) is 0 Å². The van der Waals surface area contributed by atoms with Crippen LogP contribution in [0.2, 0.25) is 0 Å². The molecule has 0 fully saturated rings. The molecule has 7 nitrogen and oxygen atoms in total. The lowest BCUT2D eigenvalue weighted by atomic mass is 9.97. The number of carbonyl (C=O) groups excluding carboxylic acids is 1. The van der Waals surface area contributed by atoms with E-state index in [9.17, 15) is 13.6 Å². The second kappa shape index (κ2) is 9.86. The number of amides is 1. The van der Waals surface area contributed by atoms with Crippen LogP contribution in [0.3, 0.4) is 0 Å². The van der Waals surface area contributed by atoms with Crippen LogP contribution < -0.4 is 10.6 Å². The van der Waals surface area contributed by atoms with Gasteiger partial charge in [0.25, 0.3) is 0 Å². The summed E-state index contributed by atoms with van der Waals surface area (Å²) in [5.41, 5.74) is 2.52. The minimum Gasteiger partial charge on any atom is -0.750 e. The van der Waals surface area contributed by atoms with Crippen LogP contribution in [0.4, 0.5) is 4.79 Å². The van der Waals surface area contributed by atoms with Gasteiger partial charge >= 0.3 is 6.09 Å². The first-order valence-electron chi connectivity index (χ1n) is 8.09. The standard InChI is InChI=1S/C17H28N2O5S/c1-12(2)15-7-13(9-18-11-23-25(21)22)6-14(8-15)10-19-16(20)24-17(3,4)5/h6-8,12,18H,9-11H2,1-5H3,(H,19,20)(H,21,22)/p-1. The molecule has 142 valence electrons. The van der Waals surface area contributed by atoms with Gasteiger partial charge in [0.15, 0.2) is 0 Å². The van der Waals surface area contributed by atoms with Crippen LogP contribution in [0, 0.1) is 0 Å². The lowest BCUT2D eigenvalue weighted by Crippen LogP contribution is -2.32. The summed E-state index contributed by atoms with van der Waals surface area (Å²) in [6.45, 7) is 10.3. The second-order valence-corrected chi connectivity index (χ2v) is 7.63. The Balaban J connectivity index is 2.71. The fraction of sp³-hybridized carbons (Fsp3) is 0.588. The molecule has 0 heterocycles. The third-order valence-corrected chi connectivity index (χ3v) is 3.47. The van der Waals surface area contributed by atoms with Crippen LogP contribution in [0.5, 0.6) is 0 Å². The fourth-order valence-electron chi connectivity index (χ4n) is 2.10. The highest BCUT2D eigenvalue weighted by Crippen LogP contribution is 2.19. The Labute approximate surface area is 152 Å². The molecule has 0 bridgehead atoms. The maximum atomic E-state index is 11.8. The number of nitrogens with one attached hydrogen (secondary N) is 2. The molecule has 0 aliphatic rings. The summed E-state index contributed by atoms with van der Waals surface area (Å²) in [5, 5.41) is 5.64. The molecule has 0 aliphatic carbocycles. The van der Waals surface area contributed by atoms with Crippen LogP contribution >= 0.6 is 0 Å². The maximum absolute atomic E-state index is 11.8. The summed E-state index contributed by atoms with van der Waals surface area (Å²) in [6.07, 6.45) is -0.464. The molecule has 0 radical (unpaired) electrons. The number of carbonyl (C=O) groups is 1. The van der Waals surface area contributed by atoms with Gasteiger partial charge in [0.2, 0.25) is 0 Å². The van der Waals surface area contributed by atoms with Gasteiger partial charge in [-0.15, -0.1) is 0 Å². The van der Waals surface area contributed by atoms with E-state index in [1.807, 2.05) is 39.0 Å². The number of benzene rings is 1. The molecule has 0 saturated heterocycles. The Morgan fingerprint density at radius 1 is 1.20 bits per heavy atom. The van der Waals surface area contributed by atoms with E-state index in [1.165, 1.54) is 0 Å². The summed E-state index contributed by atoms with van der Waals surface area (Å²) in [7, 11) is 0. The molecule has 0 saturated carbocycles. The van der Waals surface area contributed by atoms with E-state index in [0.29, 0.717) is 19.0 Å². The second-order valence-electron chi connectivity index (χ2n) is 6.99. The van der Waals surface area contributed by atoms with Crippen molar-refractivity contribution in [2.75, 3.05) is 6.73 Å². The largest absolute Gasteiger partial charge is 0.750 e. The van der Waals surface area contributed by atoms with E-state index >= 15 is 0 Å². The average Bonchev–Trinajstić information content (AvgIpc) is 2.47. The number of hydrogen-bond acceptors (Lipinski definition) is 6. The topological polar surface area (TPSA) is 99.7 Å². The van der Waals surface area contributed by atoms with E-state index in [2.05, 4.69) is 28.7 Å². The van der Waals surface area contributed by atoms with Crippen LogP contribution in [-0.4, -0.2) is 27.2 Å². The van der Waals surface area contributed by atoms with Gasteiger partial charge in [-0.05, 0) is 43.4 Å². The van der Waals surface area contributed by atoms with Crippen molar-refractivity contribution < 1.29 is 22.5 Å². The highest BCUT2D eigenvalue weighted by Gasteiger charge is 2.16. The number of ether oxygens (including phenoxy) is 1. The lowest BCUT2D eigenvalue weighted by Gasteiger charge is -2.20. The SMILES string of the molecule is CC(C)c1cc(CNCOS(=O)[O-])cc(CNC(=O)OC(C)(C)C)c1. The van der Waals surface area contributed by atoms with Crippen molar-refractivity contribution in [2.45, 2.75) is 59.2 Å². The molecule has 1 unspecified atom stereocenters. The molecule has 0 aromatic heterocycles. The molecule has 0 aliphatic heterocycles. The van der Waals surface area contributed by atoms with Crippen molar-refractivity contribution >= 4 is 17.5 Å². The predicted octanol–water partition coefficient (Wildman–Crippen LogP) is 2.69. The molecule has 1 aromatic rings. The molecule has 8 heteroatoms. The van der Waals surface area contributed by atoms with Gasteiger partial charge in [-0.1, -0.05) is 32.0 Å². The first kappa shape index (κ1) is 21.6. The number of rotatable bonds is 8. The monoisotopic (exact) mass is 371 g/mol. The number of hydrogen-bond donors (Lipinski definition) is 2. The van der Waals surface area contributed by atoms with Crippen LogP contribution in [0.1, 0.15) is 57.2 Å². The molecule has 1 rings (SSSR count). The van der Waals surface area contributed by atoms with Crippen molar-refractivity contribution in [3.05, 3.63) is 34.9 Å². The van der Waals surface area contributed by atoms with Crippen LogP contribution in [0.25, 0.3) is 0 Å². The zero-order valence-corrected chi connectivity index (χ0v) is 16.2. The smallest absolute Gasteiger partial charge is 0.407 e. The van der Waals surface area contributed by atoms with Gasteiger partial charge in [-0.25, -0.2) is 9.00 Å². The predicted molar refractivity (Wildman–Crippen MR) is 95.3 cm³/mol. The Morgan fingerprint density at radius 3 is 2.32 bits per heavy atom. The van der Waals surface area contributed by atoms with Gasteiger partial charge in [-0.2, -0.15) is 0 Å². The van der Waals surface area contributed by atoms with Crippen molar-refractivity contribution in [1.82, 2.24) is 10.6 Å². The summed E-state index contributed by atoms with van der Waals surface area (Å²) in [4.78, 5) is 11.8. The highest BCUT2D eigenvalue weighted by molar-refractivity contribution is 7.74. The molecule has 1 atom stereocenters. The minimum absolute atomic E-state index is 0.0898. The molecule has 0 spiro atoms. The molecule has 1 aromatic carbocycles. The van der Waals surface area contributed by atoms with Gasteiger partial charge < -0.3 is 14.6 Å². The van der Waals surface area contributed by atoms with Crippen molar-refractivity contribution in [2.24, 2.45) is 0 Å². The Hall–Kier alpha value is -1.48. The van der Waals surface area contributed by atoms with E-state index in [4.69, 9.17) is 4.74 Å².